The Hall–Kier alpha value is -1.08. The molecule has 1 N–H and O–H groups in total. The first-order valence-electron chi connectivity index (χ1n) is 5.25. The smallest absolute Gasteiger partial charge is 0.312 e. The lowest BCUT2D eigenvalue weighted by atomic mass is 9.97. The van der Waals surface area contributed by atoms with Crippen LogP contribution in [0, 0.1) is 22.7 Å². The lowest BCUT2D eigenvalue weighted by Gasteiger charge is -2.20. The van der Waals surface area contributed by atoms with Gasteiger partial charge in [0.2, 0.25) is 0 Å². The van der Waals surface area contributed by atoms with Crippen LogP contribution in [-0.4, -0.2) is 18.7 Å². The molecule has 1 aliphatic rings. The van der Waals surface area contributed by atoms with E-state index in [-0.39, 0.29) is 12.2 Å². The highest BCUT2D eigenvalue weighted by Gasteiger charge is 2.30. The Kier molecular flexibility index (Phi) is 3.70. The molecule has 4 heteroatoms. The average Bonchev–Trinajstić information content (AvgIpc) is 2.51. The Labute approximate surface area is 90.6 Å². The van der Waals surface area contributed by atoms with Crippen LogP contribution < -0.4 is 5.32 Å². The Balaban J connectivity index is 2.37. The SMILES string of the molecule is CC(C)(C)C(=O)OC1CC(CC#N)CN1. The Morgan fingerprint density at radius 1 is 1.60 bits per heavy atom. The van der Waals surface area contributed by atoms with Gasteiger partial charge in [-0.2, -0.15) is 5.26 Å². The van der Waals surface area contributed by atoms with Gasteiger partial charge in [0.05, 0.1) is 11.5 Å². The molecule has 0 aliphatic carbocycles. The van der Waals surface area contributed by atoms with E-state index in [1.54, 1.807) is 0 Å². The van der Waals surface area contributed by atoms with Crippen LogP contribution in [0.15, 0.2) is 0 Å². The Morgan fingerprint density at radius 2 is 2.27 bits per heavy atom. The zero-order valence-corrected chi connectivity index (χ0v) is 9.54. The highest BCUT2D eigenvalue weighted by atomic mass is 16.6. The number of hydrogen-bond acceptors (Lipinski definition) is 4. The fourth-order valence-electron chi connectivity index (χ4n) is 1.45. The molecule has 1 heterocycles. The van der Waals surface area contributed by atoms with Crippen LogP contribution in [-0.2, 0) is 9.53 Å². The number of carbonyl (C=O) groups is 1. The standard InChI is InChI=1S/C11H18N2O2/c1-11(2,3)10(14)15-9-6-8(4-5-12)7-13-9/h8-9,13H,4,6-7H2,1-3H3. The van der Waals surface area contributed by atoms with E-state index in [2.05, 4.69) is 11.4 Å². The zero-order valence-electron chi connectivity index (χ0n) is 9.54. The van der Waals surface area contributed by atoms with Crippen LogP contribution in [0.5, 0.6) is 0 Å². The van der Waals surface area contributed by atoms with Crippen molar-refractivity contribution in [1.29, 1.82) is 5.26 Å². The molecule has 0 amide bonds. The molecule has 2 atom stereocenters. The minimum absolute atomic E-state index is 0.197. The molecule has 0 aromatic carbocycles. The summed E-state index contributed by atoms with van der Waals surface area (Å²) in [6, 6.07) is 2.13. The third-order valence-electron chi connectivity index (χ3n) is 2.42. The first-order chi connectivity index (χ1) is 6.93. The molecule has 15 heavy (non-hydrogen) atoms. The van der Waals surface area contributed by atoms with E-state index in [0.717, 1.165) is 13.0 Å². The van der Waals surface area contributed by atoms with E-state index < -0.39 is 5.41 Å². The fraction of sp³-hybridized carbons (Fsp3) is 0.818. The zero-order chi connectivity index (χ0) is 11.5. The molecule has 0 radical (unpaired) electrons. The van der Waals surface area contributed by atoms with E-state index in [1.807, 2.05) is 20.8 Å². The minimum Gasteiger partial charge on any atom is -0.446 e. The van der Waals surface area contributed by atoms with E-state index in [0.29, 0.717) is 12.3 Å². The molecular formula is C11H18N2O2. The summed E-state index contributed by atoms with van der Waals surface area (Å²) in [6.07, 6.45) is 1.06. The van der Waals surface area contributed by atoms with Crippen LogP contribution in [0.4, 0.5) is 0 Å². The topological polar surface area (TPSA) is 62.1 Å². The molecule has 0 aromatic heterocycles. The highest BCUT2D eigenvalue weighted by Crippen LogP contribution is 2.22. The quantitative estimate of drug-likeness (QED) is 0.700. The van der Waals surface area contributed by atoms with Crippen molar-refractivity contribution in [2.75, 3.05) is 6.54 Å². The third-order valence-corrected chi connectivity index (χ3v) is 2.42. The molecule has 0 aromatic rings. The van der Waals surface area contributed by atoms with Crippen molar-refractivity contribution in [3.05, 3.63) is 0 Å². The Morgan fingerprint density at radius 3 is 2.80 bits per heavy atom. The third kappa shape index (κ3) is 3.52. The van der Waals surface area contributed by atoms with Gasteiger partial charge >= 0.3 is 5.97 Å². The van der Waals surface area contributed by atoms with Gasteiger partial charge in [0.15, 0.2) is 6.23 Å². The molecule has 2 unspecified atom stereocenters. The van der Waals surface area contributed by atoms with Gasteiger partial charge in [-0.25, -0.2) is 0 Å². The summed E-state index contributed by atoms with van der Waals surface area (Å²) in [5.74, 6) is 0.116. The predicted octanol–water partition coefficient (Wildman–Crippen LogP) is 1.42. The normalized spacial score (nSPS) is 26.0. The second-order valence-corrected chi connectivity index (χ2v) is 5.02. The van der Waals surface area contributed by atoms with Crippen LogP contribution in [0.25, 0.3) is 0 Å². The minimum atomic E-state index is -0.463. The largest absolute Gasteiger partial charge is 0.446 e. The van der Waals surface area contributed by atoms with Gasteiger partial charge in [-0.3, -0.25) is 10.1 Å². The van der Waals surface area contributed by atoms with Crippen molar-refractivity contribution in [3.8, 4) is 6.07 Å². The maximum absolute atomic E-state index is 11.6. The molecule has 4 nitrogen and oxygen atoms in total. The predicted molar refractivity (Wildman–Crippen MR) is 55.7 cm³/mol. The number of carbonyl (C=O) groups excluding carboxylic acids is 1. The summed E-state index contributed by atoms with van der Waals surface area (Å²) in [4.78, 5) is 11.6. The molecule has 0 spiro atoms. The van der Waals surface area contributed by atoms with Crippen LogP contribution in [0.2, 0.25) is 0 Å². The first kappa shape index (κ1) is 12.0. The average molecular weight is 210 g/mol. The summed E-state index contributed by atoms with van der Waals surface area (Å²) in [6.45, 7) is 6.25. The lowest BCUT2D eigenvalue weighted by Crippen LogP contribution is -2.33. The fourth-order valence-corrected chi connectivity index (χ4v) is 1.45. The number of nitriles is 1. The van der Waals surface area contributed by atoms with Gasteiger partial charge in [0, 0.05) is 19.4 Å². The van der Waals surface area contributed by atoms with E-state index in [4.69, 9.17) is 10.00 Å². The number of nitrogens with one attached hydrogen (secondary N) is 1. The molecule has 1 fully saturated rings. The number of esters is 1. The molecule has 1 aliphatic heterocycles. The second kappa shape index (κ2) is 4.63. The van der Waals surface area contributed by atoms with E-state index >= 15 is 0 Å². The summed E-state index contributed by atoms with van der Waals surface area (Å²) in [7, 11) is 0. The Bertz CT molecular complexity index is 275. The van der Waals surface area contributed by atoms with Crippen LogP contribution in [0.3, 0.4) is 0 Å². The second-order valence-electron chi connectivity index (χ2n) is 5.02. The van der Waals surface area contributed by atoms with Gasteiger partial charge in [0.1, 0.15) is 0 Å². The van der Waals surface area contributed by atoms with Crippen molar-refractivity contribution in [2.45, 2.75) is 39.8 Å². The van der Waals surface area contributed by atoms with E-state index in [9.17, 15) is 4.79 Å². The number of ether oxygens (including phenoxy) is 1. The van der Waals surface area contributed by atoms with Crippen LogP contribution in [0.1, 0.15) is 33.6 Å². The lowest BCUT2D eigenvalue weighted by molar-refractivity contribution is -0.159. The monoisotopic (exact) mass is 210 g/mol. The van der Waals surface area contributed by atoms with Gasteiger partial charge in [-0.15, -0.1) is 0 Å². The molecule has 1 rings (SSSR count). The maximum Gasteiger partial charge on any atom is 0.312 e. The van der Waals surface area contributed by atoms with Gasteiger partial charge in [0.25, 0.3) is 0 Å². The summed E-state index contributed by atoms with van der Waals surface area (Å²) in [5.41, 5.74) is -0.463. The van der Waals surface area contributed by atoms with Gasteiger partial charge < -0.3 is 4.74 Å². The van der Waals surface area contributed by atoms with Crippen LogP contribution >= 0.6 is 0 Å². The molecule has 0 bridgehead atoms. The van der Waals surface area contributed by atoms with Crippen molar-refractivity contribution >= 4 is 5.97 Å². The van der Waals surface area contributed by atoms with Crippen molar-refractivity contribution in [3.63, 3.8) is 0 Å². The van der Waals surface area contributed by atoms with E-state index in [1.165, 1.54) is 0 Å². The van der Waals surface area contributed by atoms with Crippen molar-refractivity contribution in [1.82, 2.24) is 5.32 Å². The summed E-state index contributed by atoms with van der Waals surface area (Å²) < 4.78 is 5.29. The summed E-state index contributed by atoms with van der Waals surface area (Å²) >= 11 is 0. The molecule has 84 valence electrons. The summed E-state index contributed by atoms with van der Waals surface area (Å²) in [5, 5.41) is 11.6. The van der Waals surface area contributed by atoms with Gasteiger partial charge in [-0.1, -0.05) is 0 Å². The highest BCUT2D eigenvalue weighted by molar-refractivity contribution is 5.75. The number of hydrogen-bond donors (Lipinski definition) is 1. The number of rotatable bonds is 2. The first-order valence-corrected chi connectivity index (χ1v) is 5.25. The number of nitrogens with zero attached hydrogens (tertiary/aromatic N) is 1. The van der Waals surface area contributed by atoms with Gasteiger partial charge in [-0.05, 0) is 26.7 Å². The van der Waals surface area contributed by atoms with Crippen molar-refractivity contribution in [2.24, 2.45) is 11.3 Å². The molecule has 1 saturated heterocycles. The maximum atomic E-state index is 11.6. The van der Waals surface area contributed by atoms with Crippen molar-refractivity contribution < 1.29 is 9.53 Å². The molecule has 0 saturated carbocycles. The molecular weight excluding hydrogens is 192 g/mol.